The maximum Gasteiger partial charge on any atom is 0.304 e. The topological polar surface area (TPSA) is 114 Å². The van der Waals surface area contributed by atoms with Gasteiger partial charge >= 0.3 is 5.97 Å². The van der Waals surface area contributed by atoms with Crippen molar-refractivity contribution in [3.8, 4) is 0 Å². The number of nitrogens with zero attached hydrogens (tertiary/aromatic N) is 1. The van der Waals surface area contributed by atoms with E-state index < -0.39 is 5.97 Å². The first-order valence-electron chi connectivity index (χ1n) is 4.56. The number of nitrogens with one attached hydrogen (secondary N) is 1. The predicted molar refractivity (Wildman–Crippen MR) is 55.0 cm³/mol. The molecule has 0 aromatic heterocycles. The number of guanidine groups is 1. The molecule has 0 aliphatic carbocycles. The number of nitrogens with two attached hydrogens (primary N) is 2. The number of carbonyl (C=O) groups is 1. The molecule has 6 N–H and O–H groups in total. The minimum absolute atomic E-state index is 0.0376. The Morgan fingerprint density at radius 3 is 2.64 bits per heavy atom. The second-order valence-corrected chi connectivity index (χ2v) is 2.95. The van der Waals surface area contributed by atoms with E-state index in [2.05, 4.69) is 10.3 Å². The molecule has 0 aromatic carbocycles. The first-order chi connectivity index (χ1) is 6.56. The van der Waals surface area contributed by atoms with E-state index in [1.807, 2.05) is 6.92 Å². The van der Waals surface area contributed by atoms with Gasteiger partial charge in [0, 0.05) is 12.6 Å². The summed E-state index contributed by atoms with van der Waals surface area (Å²) in [5, 5.41) is 11.6. The van der Waals surface area contributed by atoms with Gasteiger partial charge in [0.25, 0.3) is 0 Å². The highest BCUT2D eigenvalue weighted by molar-refractivity contribution is 5.75. The van der Waals surface area contributed by atoms with Crippen LogP contribution >= 0.6 is 0 Å². The van der Waals surface area contributed by atoms with Crippen LogP contribution in [0, 0.1) is 0 Å². The van der Waals surface area contributed by atoms with E-state index in [4.69, 9.17) is 16.6 Å². The van der Waals surface area contributed by atoms with E-state index in [-0.39, 0.29) is 18.4 Å². The number of hydrogen-bond donors (Lipinski definition) is 4. The van der Waals surface area contributed by atoms with Gasteiger partial charge in [0.2, 0.25) is 0 Å². The van der Waals surface area contributed by atoms with Gasteiger partial charge < -0.3 is 21.9 Å². The zero-order chi connectivity index (χ0) is 11.0. The molecular formula is C8H18N4O2. The maximum atomic E-state index is 10.5. The molecule has 0 heterocycles. The lowest BCUT2D eigenvalue weighted by Gasteiger charge is -2.13. The summed E-state index contributed by atoms with van der Waals surface area (Å²) in [6, 6.07) is -0.0689. The molecule has 0 saturated heterocycles. The molecule has 82 valence electrons. The van der Waals surface area contributed by atoms with Crippen molar-refractivity contribution in [2.75, 3.05) is 13.1 Å². The summed E-state index contributed by atoms with van der Waals surface area (Å²) in [5.74, 6) is -0.781. The van der Waals surface area contributed by atoms with Crippen molar-refractivity contribution >= 4 is 11.9 Å². The Morgan fingerprint density at radius 1 is 1.57 bits per heavy atom. The van der Waals surface area contributed by atoms with Crippen molar-refractivity contribution in [1.82, 2.24) is 5.32 Å². The maximum absolute atomic E-state index is 10.5. The predicted octanol–water partition coefficient (Wildman–Crippen LogP) is -0.897. The van der Waals surface area contributed by atoms with E-state index in [1.54, 1.807) is 0 Å². The van der Waals surface area contributed by atoms with Gasteiger partial charge in [-0.25, -0.2) is 0 Å². The minimum atomic E-state index is -0.819. The monoisotopic (exact) mass is 202 g/mol. The Balaban J connectivity index is 3.84. The molecule has 0 rings (SSSR count). The van der Waals surface area contributed by atoms with Gasteiger partial charge in [-0.05, 0) is 13.0 Å². The largest absolute Gasteiger partial charge is 0.481 e. The first-order valence-corrected chi connectivity index (χ1v) is 4.56. The van der Waals surface area contributed by atoms with Crippen LogP contribution < -0.4 is 16.8 Å². The number of rotatable bonds is 7. The lowest BCUT2D eigenvalue weighted by atomic mass is 10.1. The van der Waals surface area contributed by atoms with Gasteiger partial charge in [-0.1, -0.05) is 6.92 Å². The van der Waals surface area contributed by atoms with E-state index in [1.165, 1.54) is 0 Å². The minimum Gasteiger partial charge on any atom is -0.481 e. The molecule has 1 unspecified atom stereocenters. The van der Waals surface area contributed by atoms with Gasteiger partial charge in [-0.3, -0.25) is 9.79 Å². The molecule has 0 radical (unpaired) electrons. The third-order valence-electron chi connectivity index (χ3n) is 1.69. The van der Waals surface area contributed by atoms with Crippen molar-refractivity contribution in [2.45, 2.75) is 25.8 Å². The molecule has 0 spiro atoms. The molecule has 0 aromatic rings. The van der Waals surface area contributed by atoms with Crippen LogP contribution in [-0.2, 0) is 4.79 Å². The Morgan fingerprint density at radius 2 is 2.21 bits per heavy atom. The second kappa shape index (κ2) is 7.14. The van der Waals surface area contributed by atoms with Crippen molar-refractivity contribution in [3.05, 3.63) is 0 Å². The van der Waals surface area contributed by atoms with Crippen LogP contribution in [0.25, 0.3) is 0 Å². The van der Waals surface area contributed by atoms with Gasteiger partial charge in [0.15, 0.2) is 5.96 Å². The molecule has 0 bridgehead atoms. The summed E-state index contributed by atoms with van der Waals surface area (Å²) in [4.78, 5) is 14.2. The van der Waals surface area contributed by atoms with E-state index in [0.29, 0.717) is 13.0 Å². The van der Waals surface area contributed by atoms with Crippen LogP contribution in [0.15, 0.2) is 4.99 Å². The summed E-state index contributed by atoms with van der Waals surface area (Å²) >= 11 is 0. The number of carboxylic acid groups (broad SMARTS) is 1. The molecule has 0 saturated carbocycles. The van der Waals surface area contributed by atoms with Crippen LogP contribution in [0.2, 0.25) is 0 Å². The highest BCUT2D eigenvalue weighted by Gasteiger charge is 2.10. The summed E-state index contributed by atoms with van der Waals surface area (Å²) < 4.78 is 0. The number of aliphatic carboxylic acids is 1. The lowest BCUT2D eigenvalue weighted by molar-refractivity contribution is -0.137. The molecule has 6 heteroatoms. The Labute approximate surface area is 83.4 Å². The summed E-state index contributed by atoms with van der Waals surface area (Å²) in [7, 11) is 0. The summed E-state index contributed by atoms with van der Waals surface area (Å²) in [5.41, 5.74) is 10.3. The summed E-state index contributed by atoms with van der Waals surface area (Å²) in [6.45, 7) is 3.11. The lowest BCUT2D eigenvalue weighted by Crippen LogP contribution is -2.32. The molecule has 14 heavy (non-hydrogen) atoms. The fourth-order valence-corrected chi connectivity index (χ4v) is 1.13. The highest BCUT2D eigenvalue weighted by atomic mass is 16.4. The van der Waals surface area contributed by atoms with Crippen molar-refractivity contribution < 1.29 is 9.90 Å². The first kappa shape index (κ1) is 12.7. The second-order valence-electron chi connectivity index (χ2n) is 2.95. The Hall–Kier alpha value is -1.30. The summed E-state index contributed by atoms with van der Waals surface area (Å²) in [6.07, 6.45) is 0.714. The number of hydrogen-bond acceptors (Lipinski definition) is 3. The van der Waals surface area contributed by atoms with Gasteiger partial charge in [-0.2, -0.15) is 0 Å². The normalized spacial score (nSPS) is 12.1. The van der Waals surface area contributed by atoms with Crippen LogP contribution in [0.3, 0.4) is 0 Å². The molecule has 1 atom stereocenters. The molecule has 0 aliphatic heterocycles. The molecular weight excluding hydrogens is 184 g/mol. The van der Waals surface area contributed by atoms with E-state index in [9.17, 15) is 4.79 Å². The number of aliphatic imine (C=N–C) groups is 1. The molecule has 0 fully saturated rings. The Bertz CT molecular complexity index is 202. The number of carboxylic acids is 1. The van der Waals surface area contributed by atoms with Crippen LogP contribution in [0.1, 0.15) is 19.8 Å². The zero-order valence-electron chi connectivity index (χ0n) is 8.36. The highest BCUT2D eigenvalue weighted by Crippen LogP contribution is 1.98. The van der Waals surface area contributed by atoms with Crippen molar-refractivity contribution in [3.63, 3.8) is 0 Å². The van der Waals surface area contributed by atoms with Crippen LogP contribution in [0.4, 0.5) is 0 Å². The average molecular weight is 202 g/mol. The zero-order valence-corrected chi connectivity index (χ0v) is 8.36. The molecule has 0 aliphatic rings. The van der Waals surface area contributed by atoms with Crippen molar-refractivity contribution in [1.29, 1.82) is 0 Å². The third-order valence-corrected chi connectivity index (χ3v) is 1.69. The van der Waals surface area contributed by atoms with E-state index >= 15 is 0 Å². The third kappa shape index (κ3) is 7.35. The van der Waals surface area contributed by atoms with Crippen LogP contribution in [-0.4, -0.2) is 36.2 Å². The molecule has 6 nitrogen and oxygen atoms in total. The fraction of sp³-hybridized carbons (Fsp3) is 0.750. The van der Waals surface area contributed by atoms with Gasteiger partial charge in [0.1, 0.15) is 0 Å². The molecule has 0 amide bonds. The van der Waals surface area contributed by atoms with E-state index in [0.717, 1.165) is 6.54 Å². The fourth-order valence-electron chi connectivity index (χ4n) is 1.13. The quantitative estimate of drug-likeness (QED) is 0.315. The van der Waals surface area contributed by atoms with Gasteiger partial charge in [0.05, 0.1) is 6.42 Å². The Kier molecular flexibility index (Phi) is 6.47. The smallest absolute Gasteiger partial charge is 0.304 e. The SMILES string of the molecule is CCNC(CCN=C(N)N)CC(=O)O. The van der Waals surface area contributed by atoms with Crippen molar-refractivity contribution in [2.24, 2.45) is 16.5 Å². The van der Waals surface area contributed by atoms with Crippen LogP contribution in [0.5, 0.6) is 0 Å². The standard InChI is InChI=1S/C8H18N4O2/c1-2-11-6(5-7(13)14)3-4-12-8(9)10/h6,11H,2-5H2,1H3,(H,13,14)(H4,9,10,12). The van der Waals surface area contributed by atoms with Gasteiger partial charge in [-0.15, -0.1) is 0 Å². The average Bonchev–Trinajstić information content (AvgIpc) is 2.02.